The van der Waals surface area contributed by atoms with Crippen molar-refractivity contribution in [2.45, 2.75) is 57.7 Å². The van der Waals surface area contributed by atoms with Crippen molar-refractivity contribution in [2.75, 3.05) is 13.1 Å². The van der Waals surface area contributed by atoms with Crippen LogP contribution in [-0.2, 0) is 17.8 Å². The lowest BCUT2D eigenvalue weighted by Crippen LogP contribution is -2.54. The molecule has 2 fully saturated rings. The maximum Gasteiger partial charge on any atom is 0.317 e. The zero-order chi connectivity index (χ0) is 15.5. The van der Waals surface area contributed by atoms with Crippen LogP contribution in [0.3, 0.4) is 0 Å². The first-order valence-electron chi connectivity index (χ1n) is 8.26. The average Bonchev–Trinajstić information content (AvgIpc) is 3.12. The van der Waals surface area contributed by atoms with Gasteiger partial charge in [0.25, 0.3) is 0 Å². The molecular weight excluding hydrogens is 298 g/mol. The Morgan fingerprint density at radius 2 is 2.27 bits per heavy atom. The first-order chi connectivity index (χ1) is 10.6. The Hall–Kier alpha value is -0.980. The number of hydrogen-bond donors (Lipinski definition) is 2. The molecule has 22 heavy (non-hydrogen) atoms. The van der Waals surface area contributed by atoms with E-state index in [4.69, 9.17) is 5.11 Å². The molecule has 0 aromatic carbocycles. The zero-order valence-corrected chi connectivity index (χ0v) is 13.9. The highest BCUT2D eigenvalue weighted by molar-refractivity contribution is 7.11. The number of aryl methyl sites for hydroxylation is 1. The van der Waals surface area contributed by atoms with Crippen LogP contribution in [0, 0.1) is 5.92 Å². The van der Waals surface area contributed by atoms with Gasteiger partial charge < -0.3 is 10.4 Å². The maximum absolute atomic E-state index is 11.0. The largest absolute Gasteiger partial charge is 0.480 e. The van der Waals surface area contributed by atoms with Crippen molar-refractivity contribution in [1.82, 2.24) is 15.2 Å². The number of hydrogen-bond acceptors (Lipinski definition) is 5. The molecule has 0 spiro atoms. The van der Waals surface area contributed by atoms with Crippen molar-refractivity contribution in [1.29, 1.82) is 0 Å². The molecule has 2 aliphatic carbocycles. The highest BCUT2D eigenvalue weighted by Gasteiger charge is 2.36. The third-order valence-corrected chi connectivity index (χ3v) is 5.77. The smallest absolute Gasteiger partial charge is 0.317 e. The lowest BCUT2D eigenvalue weighted by molar-refractivity contribution is -0.139. The van der Waals surface area contributed by atoms with Gasteiger partial charge in [-0.1, -0.05) is 6.92 Å². The monoisotopic (exact) mass is 323 g/mol. The zero-order valence-electron chi connectivity index (χ0n) is 13.1. The lowest BCUT2D eigenvalue weighted by Gasteiger charge is -2.43. The Morgan fingerprint density at radius 1 is 1.50 bits per heavy atom. The number of carboxylic acid groups (broad SMARTS) is 1. The van der Waals surface area contributed by atoms with Crippen molar-refractivity contribution in [3.63, 3.8) is 0 Å². The minimum absolute atomic E-state index is 0.197. The number of aliphatic carboxylic acids is 1. The Bertz CT molecular complexity index is 509. The summed E-state index contributed by atoms with van der Waals surface area (Å²) in [7, 11) is 0. The molecule has 2 aliphatic rings. The Morgan fingerprint density at radius 3 is 2.86 bits per heavy atom. The highest BCUT2D eigenvalue weighted by Crippen LogP contribution is 2.33. The molecule has 1 aromatic heterocycles. The van der Waals surface area contributed by atoms with Crippen LogP contribution >= 0.6 is 11.3 Å². The fourth-order valence-corrected chi connectivity index (χ4v) is 3.85. The van der Waals surface area contributed by atoms with Gasteiger partial charge >= 0.3 is 5.97 Å². The predicted octanol–water partition coefficient (Wildman–Crippen LogP) is 2.12. The second kappa shape index (κ2) is 7.06. The summed E-state index contributed by atoms with van der Waals surface area (Å²) in [6.07, 6.45) is 7.65. The van der Waals surface area contributed by atoms with Gasteiger partial charge in [0.05, 0.1) is 11.6 Å². The van der Waals surface area contributed by atoms with E-state index in [2.05, 4.69) is 22.1 Å². The van der Waals surface area contributed by atoms with E-state index in [0.717, 1.165) is 38.3 Å². The first kappa shape index (κ1) is 15.9. The molecule has 5 nitrogen and oxygen atoms in total. The molecule has 2 N–H and O–H groups in total. The van der Waals surface area contributed by atoms with Crippen LogP contribution in [0.25, 0.3) is 0 Å². The molecule has 3 rings (SSSR count). The average molecular weight is 323 g/mol. The predicted molar refractivity (Wildman–Crippen MR) is 87.1 cm³/mol. The SMILES string of the molecule is CCc1ncc(CNC2CC(N(CC(=O)O)CC3CC3)C2)s1. The lowest BCUT2D eigenvalue weighted by atomic mass is 9.85. The number of nitrogens with one attached hydrogen (secondary N) is 1. The molecule has 2 saturated carbocycles. The van der Waals surface area contributed by atoms with E-state index >= 15 is 0 Å². The second-order valence-electron chi connectivity index (χ2n) is 6.54. The summed E-state index contributed by atoms with van der Waals surface area (Å²) in [6.45, 7) is 4.18. The molecule has 0 amide bonds. The third-order valence-electron chi connectivity index (χ3n) is 4.63. The van der Waals surface area contributed by atoms with Crippen LogP contribution in [0.4, 0.5) is 0 Å². The van der Waals surface area contributed by atoms with Crippen molar-refractivity contribution in [2.24, 2.45) is 5.92 Å². The third kappa shape index (κ3) is 4.27. The van der Waals surface area contributed by atoms with Crippen molar-refractivity contribution < 1.29 is 9.90 Å². The maximum atomic E-state index is 11.0. The van der Waals surface area contributed by atoms with Crippen LogP contribution in [-0.4, -0.2) is 46.1 Å². The molecular formula is C16H25N3O2S. The van der Waals surface area contributed by atoms with E-state index < -0.39 is 5.97 Å². The molecule has 6 heteroatoms. The number of rotatable bonds is 9. The van der Waals surface area contributed by atoms with Crippen molar-refractivity contribution in [3.05, 3.63) is 16.1 Å². The molecule has 0 atom stereocenters. The van der Waals surface area contributed by atoms with E-state index in [9.17, 15) is 4.79 Å². The van der Waals surface area contributed by atoms with Gasteiger partial charge in [0.15, 0.2) is 0 Å². The van der Waals surface area contributed by atoms with Gasteiger partial charge in [-0.25, -0.2) is 4.98 Å². The summed E-state index contributed by atoms with van der Waals surface area (Å²) in [5.41, 5.74) is 0. The van der Waals surface area contributed by atoms with E-state index in [-0.39, 0.29) is 6.54 Å². The molecule has 1 aromatic rings. The van der Waals surface area contributed by atoms with Crippen molar-refractivity contribution in [3.8, 4) is 0 Å². The van der Waals surface area contributed by atoms with Gasteiger partial charge in [0, 0.05) is 36.2 Å². The van der Waals surface area contributed by atoms with Gasteiger partial charge in [-0.05, 0) is 38.0 Å². The summed E-state index contributed by atoms with van der Waals surface area (Å²) in [5.74, 6) is 0.0461. The molecule has 122 valence electrons. The van der Waals surface area contributed by atoms with Gasteiger partial charge in [0.2, 0.25) is 0 Å². The fourth-order valence-electron chi connectivity index (χ4n) is 3.04. The molecule has 1 heterocycles. The minimum Gasteiger partial charge on any atom is -0.480 e. The molecule has 0 unspecified atom stereocenters. The van der Waals surface area contributed by atoms with Gasteiger partial charge in [-0.3, -0.25) is 9.69 Å². The van der Waals surface area contributed by atoms with Crippen LogP contribution in [0.1, 0.15) is 42.5 Å². The summed E-state index contributed by atoms with van der Waals surface area (Å²) < 4.78 is 0. The number of thiazole rings is 1. The summed E-state index contributed by atoms with van der Waals surface area (Å²) in [4.78, 5) is 18.9. The number of carboxylic acids is 1. The van der Waals surface area contributed by atoms with Crippen LogP contribution in [0.5, 0.6) is 0 Å². The first-order valence-corrected chi connectivity index (χ1v) is 9.08. The number of carbonyl (C=O) groups is 1. The normalized spacial score (nSPS) is 24.5. The molecule has 0 radical (unpaired) electrons. The summed E-state index contributed by atoms with van der Waals surface area (Å²) >= 11 is 1.78. The Kier molecular flexibility index (Phi) is 5.10. The van der Waals surface area contributed by atoms with Gasteiger partial charge in [-0.15, -0.1) is 11.3 Å². The van der Waals surface area contributed by atoms with Gasteiger partial charge in [0.1, 0.15) is 0 Å². The van der Waals surface area contributed by atoms with E-state index in [1.165, 1.54) is 22.7 Å². The number of aromatic nitrogens is 1. The summed E-state index contributed by atoms with van der Waals surface area (Å²) in [5, 5.41) is 13.8. The standard InChI is InChI=1S/C16H25N3O2S/c1-2-15-18-8-14(22-15)7-17-12-5-13(6-12)19(10-16(20)21)9-11-3-4-11/h8,11-13,17H,2-7,9-10H2,1H3,(H,20,21). The molecule has 0 aliphatic heterocycles. The Balaban J connectivity index is 1.40. The molecule has 0 saturated heterocycles. The number of nitrogens with zero attached hydrogens (tertiary/aromatic N) is 2. The molecule has 0 bridgehead atoms. The topological polar surface area (TPSA) is 65.5 Å². The van der Waals surface area contributed by atoms with Crippen LogP contribution < -0.4 is 5.32 Å². The van der Waals surface area contributed by atoms with Crippen LogP contribution in [0.2, 0.25) is 0 Å². The quantitative estimate of drug-likeness (QED) is 0.729. The second-order valence-corrected chi connectivity index (χ2v) is 7.74. The fraction of sp³-hybridized carbons (Fsp3) is 0.750. The van der Waals surface area contributed by atoms with E-state index in [0.29, 0.717) is 12.1 Å². The highest BCUT2D eigenvalue weighted by atomic mass is 32.1. The minimum atomic E-state index is -0.700. The van der Waals surface area contributed by atoms with E-state index in [1.54, 1.807) is 11.3 Å². The summed E-state index contributed by atoms with van der Waals surface area (Å²) in [6, 6.07) is 0.967. The van der Waals surface area contributed by atoms with Crippen LogP contribution in [0.15, 0.2) is 6.20 Å². The van der Waals surface area contributed by atoms with Gasteiger partial charge in [-0.2, -0.15) is 0 Å². The van der Waals surface area contributed by atoms with E-state index in [1.807, 2.05) is 6.20 Å². The Labute approximate surface area is 135 Å². The van der Waals surface area contributed by atoms with Crippen molar-refractivity contribution >= 4 is 17.3 Å².